The SMILES string of the molecule is C(=C1\c2ccccc2CSc2ccccc21)/C1CNCCO1. The lowest BCUT2D eigenvalue weighted by molar-refractivity contribution is 0.0594. The molecule has 0 radical (unpaired) electrons. The summed E-state index contributed by atoms with van der Waals surface area (Å²) < 4.78 is 5.91. The van der Waals surface area contributed by atoms with Gasteiger partial charge >= 0.3 is 0 Å². The van der Waals surface area contributed by atoms with Crippen molar-refractivity contribution in [3.63, 3.8) is 0 Å². The predicted octanol–water partition coefficient (Wildman–Crippen LogP) is 3.71. The molecule has 0 saturated carbocycles. The van der Waals surface area contributed by atoms with Crippen LogP contribution >= 0.6 is 11.8 Å². The maximum Gasteiger partial charge on any atom is 0.0890 e. The lowest BCUT2D eigenvalue weighted by atomic mass is 9.93. The summed E-state index contributed by atoms with van der Waals surface area (Å²) in [5.74, 6) is 1.02. The fraction of sp³-hybridized carbons (Fsp3) is 0.263. The second kappa shape index (κ2) is 6.29. The Morgan fingerprint density at radius 3 is 2.73 bits per heavy atom. The van der Waals surface area contributed by atoms with Crippen molar-refractivity contribution in [1.82, 2.24) is 5.32 Å². The topological polar surface area (TPSA) is 21.3 Å². The summed E-state index contributed by atoms with van der Waals surface area (Å²) in [5.41, 5.74) is 5.38. The van der Waals surface area contributed by atoms with Crippen molar-refractivity contribution in [2.75, 3.05) is 19.7 Å². The Kier molecular flexibility index (Phi) is 4.02. The van der Waals surface area contributed by atoms with Crippen LogP contribution in [-0.4, -0.2) is 25.8 Å². The Hall–Kier alpha value is -1.55. The molecule has 2 nitrogen and oxygen atoms in total. The van der Waals surface area contributed by atoms with Crippen molar-refractivity contribution in [1.29, 1.82) is 0 Å². The van der Waals surface area contributed by atoms with Crippen molar-refractivity contribution in [3.05, 3.63) is 71.3 Å². The van der Waals surface area contributed by atoms with E-state index in [0.717, 1.165) is 25.4 Å². The molecule has 2 aromatic carbocycles. The molecule has 1 N–H and O–H groups in total. The first-order valence-corrected chi connectivity index (χ1v) is 8.75. The molecule has 112 valence electrons. The number of benzene rings is 2. The fourth-order valence-electron chi connectivity index (χ4n) is 3.08. The third-order valence-corrected chi connectivity index (χ3v) is 5.30. The summed E-state index contributed by atoms with van der Waals surface area (Å²) in [6, 6.07) is 17.4. The molecule has 0 amide bonds. The van der Waals surface area contributed by atoms with Crippen molar-refractivity contribution >= 4 is 17.3 Å². The third kappa shape index (κ3) is 2.72. The van der Waals surface area contributed by atoms with E-state index in [4.69, 9.17) is 4.74 Å². The normalized spacial score (nSPS) is 22.7. The van der Waals surface area contributed by atoms with Gasteiger partial charge in [0.25, 0.3) is 0 Å². The molecule has 1 fully saturated rings. The van der Waals surface area contributed by atoms with Crippen LogP contribution in [-0.2, 0) is 10.5 Å². The largest absolute Gasteiger partial charge is 0.371 e. The Labute approximate surface area is 135 Å². The highest BCUT2D eigenvalue weighted by atomic mass is 32.2. The van der Waals surface area contributed by atoms with Crippen molar-refractivity contribution in [2.45, 2.75) is 16.8 Å². The number of fused-ring (bicyclic) bond motifs is 2. The van der Waals surface area contributed by atoms with E-state index < -0.39 is 0 Å². The summed E-state index contributed by atoms with van der Waals surface area (Å²) in [4.78, 5) is 1.36. The first kappa shape index (κ1) is 14.1. The van der Waals surface area contributed by atoms with Gasteiger partial charge in [0, 0.05) is 23.7 Å². The molecule has 4 rings (SSSR count). The third-order valence-electron chi connectivity index (χ3n) is 4.18. The van der Waals surface area contributed by atoms with Crippen molar-refractivity contribution in [2.24, 2.45) is 0 Å². The average Bonchev–Trinajstić information content (AvgIpc) is 2.74. The summed E-state index contributed by atoms with van der Waals surface area (Å²) in [6.45, 7) is 2.62. The standard InChI is InChI=1S/C19H19NOS/c1-2-6-16-14(5-1)13-22-19-8-4-3-7-17(19)18(16)11-15-12-20-9-10-21-15/h1-8,11,15,20H,9-10,12-13H2/b18-11-. The molecule has 2 aromatic rings. The van der Waals surface area contributed by atoms with E-state index >= 15 is 0 Å². The molecular formula is C19H19NOS. The second-order valence-electron chi connectivity index (χ2n) is 5.64. The highest BCUT2D eigenvalue weighted by Gasteiger charge is 2.20. The average molecular weight is 309 g/mol. The molecule has 1 saturated heterocycles. The highest BCUT2D eigenvalue weighted by Crippen LogP contribution is 2.40. The van der Waals surface area contributed by atoms with Gasteiger partial charge in [-0.3, -0.25) is 0 Å². The molecule has 0 spiro atoms. The van der Waals surface area contributed by atoms with Crippen LogP contribution in [0.25, 0.3) is 5.57 Å². The van der Waals surface area contributed by atoms with Gasteiger partial charge in [0.05, 0.1) is 12.7 Å². The van der Waals surface area contributed by atoms with Crippen LogP contribution in [0.5, 0.6) is 0 Å². The zero-order valence-corrected chi connectivity index (χ0v) is 13.2. The number of hydrogen-bond donors (Lipinski definition) is 1. The minimum absolute atomic E-state index is 0.146. The van der Waals surface area contributed by atoms with Gasteiger partial charge in [-0.1, -0.05) is 42.5 Å². The second-order valence-corrected chi connectivity index (χ2v) is 6.65. The van der Waals surface area contributed by atoms with Crippen LogP contribution in [0.1, 0.15) is 16.7 Å². The molecule has 0 bridgehead atoms. The fourth-order valence-corrected chi connectivity index (χ4v) is 4.15. The van der Waals surface area contributed by atoms with Crippen LogP contribution in [0.3, 0.4) is 0 Å². The number of hydrogen-bond acceptors (Lipinski definition) is 3. The van der Waals surface area contributed by atoms with E-state index in [-0.39, 0.29) is 6.10 Å². The van der Waals surface area contributed by atoms with Crippen LogP contribution in [0, 0.1) is 0 Å². The Bertz CT molecular complexity index is 655. The summed E-state index contributed by atoms with van der Waals surface area (Å²) in [7, 11) is 0. The van der Waals surface area contributed by atoms with E-state index in [0.29, 0.717) is 0 Å². The van der Waals surface area contributed by atoms with Gasteiger partial charge in [0.15, 0.2) is 0 Å². The van der Waals surface area contributed by atoms with E-state index in [1.807, 2.05) is 11.8 Å². The predicted molar refractivity (Wildman–Crippen MR) is 92.1 cm³/mol. The molecule has 2 heterocycles. The monoisotopic (exact) mass is 309 g/mol. The number of ether oxygens (including phenoxy) is 1. The van der Waals surface area contributed by atoms with Gasteiger partial charge in [-0.15, -0.1) is 11.8 Å². The molecule has 22 heavy (non-hydrogen) atoms. The van der Waals surface area contributed by atoms with Gasteiger partial charge in [-0.25, -0.2) is 0 Å². The summed E-state index contributed by atoms with van der Waals surface area (Å²) in [5, 5.41) is 3.41. The Morgan fingerprint density at radius 2 is 1.86 bits per heavy atom. The van der Waals surface area contributed by atoms with E-state index in [1.165, 1.54) is 27.2 Å². The van der Waals surface area contributed by atoms with E-state index in [9.17, 15) is 0 Å². The minimum atomic E-state index is 0.146. The highest BCUT2D eigenvalue weighted by molar-refractivity contribution is 7.98. The molecular weight excluding hydrogens is 290 g/mol. The van der Waals surface area contributed by atoms with Crippen LogP contribution < -0.4 is 5.32 Å². The molecule has 1 atom stereocenters. The number of rotatable bonds is 1. The first-order valence-electron chi connectivity index (χ1n) is 7.76. The lowest BCUT2D eigenvalue weighted by Crippen LogP contribution is -2.37. The molecule has 1 unspecified atom stereocenters. The van der Waals surface area contributed by atoms with Gasteiger partial charge in [-0.05, 0) is 34.4 Å². The molecule has 2 aliphatic heterocycles. The smallest absolute Gasteiger partial charge is 0.0890 e. The maximum absolute atomic E-state index is 5.91. The Morgan fingerprint density at radius 1 is 1.05 bits per heavy atom. The van der Waals surface area contributed by atoms with E-state index in [1.54, 1.807) is 0 Å². The minimum Gasteiger partial charge on any atom is -0.371 e. The van der Waals surface area contributed by atoms with Gasteiger partial charge in [-0.2, -0.15) is 0 Å². The maximum atomic E-state index is 5.91. The van der Waals surface area contributed by atoms with E-state index in [2.05, 4.69) is 59.9 Å². The zero-order chi connectivity index (χ0) is 14.8. The first-order chi connectivity index (χ1) is 10.9. The van der Waals surface area contributed by atoms with Crippen LogP contribution in [0.4, 0.5) is 0 Å². The van der Waals surface area contributed by atoms with Crippen LogP contribution in [0.2, 0.25) is 0 Å². The molecule has 0 aliphatic carbocycles. The van der Waals surface area contributed by atoms with Gasteiger partial charge < -0.3 is 10.1 Å². The molecule has 3 heteroatoms. The van der Waals surface area contributed by atoms with Crippen molar-refractivity contribution in [3.8, 4) is 0 Å². The summed E-state index contributed by atoms with van der Waals surface area (Å²) >= 11 is 1.92. The Balaban J connectivity index is 1.85. The molecule has 0 aromatic heterocycles. The molecule has 2 aliphatic rings. The van der Waals surface area contributed by atoms with Crippen molar-refractivity contribution < 1.29 is 4.74 Å². The number of nitrogens with one attached hydrogen (secondary N) is 1. The van der Waals surface area contributed by atoms with Crippen LogP contribution in [0.15, 0.2) is 59.5 Å². The summed E-state index contributed by atoms with van der Waals surface area (Å²) in [6.07, 6.45) is 2.45. The van der Waals surface area contributed by atoms with Gasteiger partial charge in [0.1, 0.15) is 0 Å². The zero-order valence-electron chi connectivity index (χ0n) is 12.4. The quantitative estimate of drug-likeness (QED) is 0.867. The van der Waals surface area contributed by atoms with Gasteiger partial charge in [0.2, 0.25) is 0 Å². The number of thioether (sulfide) groups is 1. The number of morpholine rings is 1. The lowest BCUT2D eigenvalue weighted by Gasteiger charge is -2.22.